The first-order valence-electron chi connectivity index (χ1n) is 9.02. The average Bonchev–Trinajstić information content (AvgIpc) is 2.44. The lowest BCUT2D eigenvalue weighted by Crippen LogP contribution is -1.98. The second kappa shape index (κ2) is 16.1. The smallest absolute Gasteiger partial charge is 0.303 e. The van der Waals surface area contributed by atoms with Crippen LogP contribution in [0.3, 0.4) is 0 Å². The van der Waals surface area contributed by atoms with E-state index < -0.39 is 5.97 Å². The zero-order chi connectivity index (χ0) is 15.8. The number of hydrogen-bond donors (Lipinski definition) is 1. The van der Waals surface area contributed by atoms with Crippen LogP contribution in [-0.4, -0.2) is 16.5 Å². The Bertz CT molecular complexity index is 231. The first-order valence-corrected chi connectivity index (χ1v) is 9.46. The highest BCUT2D eigenvalue weighted by molar-refractivity contribution is 6.20. The molecule has 2 nitrogen and oxygen atoms in total. The summed E-state index contributed by atoms with van der Waals surface area (Å²) in [4.78, 5) is 10.3. The van der Waals surface area contributed by atoms with Crippen molar-refractivity contribution in [3.05, 3.63) is 0 Å². The van der Waals surface area contributed by atoms with Crippen molar-refractivity contribution < 1.29 is 9.90 Å². The number of rotatable bonds is 16. The van der Waals surface area contributed by atoms with Crippen LogP contribution in [0.4, 0.5) is 0 Å². The Morgan fingerprint density at radius 2 is 1.24 bits per heavy atom. The zero-order valence-corrected chi connectivity index (χ0v) is 14.7. The average molecular weight is 319 g/mol. The fourth-order valence-corrected chi connectivity index (χ4v) is 2.95. The highest BCUT2D eigenvalue weighted by atomic mass is 35.5. The molecular weight excluding hydrogens is 284 g/mol. The number of carbonyl (C=O) groups is 1. The van der Waals surface area contributed by atoms with Gasteiger partial charge in [0.05, 0.1) is 0 Å². The maximum atomic E-state index is 10.3. The molecule has 126 valence electrons. The van der Waals surface area contributed by atoms with Crippen molar-refractivity contribution in [2.45, 2.75) is 109 Å². The zero-order valence-electron chi connectivity index (χ0n) is 13.9. The molecule has 0 saturated carbocycles. The van der Waals surface area contributed by atoms with Crippen molar-refractivity contribution in [1.82, 2.24) is 0 Å². The third-order valence-electron chi connectivity index (χ3n) is 4.03. The number of hydrogen-bond acceptors (Lipinski definition) is 1. The van der Waals surface area contributed by atoms with Gasteiger partial charge in [0.15, 0.2) is 0 Å². The summed E-state index contributed by atoms with van der Waals surface area (Å²) in [7, 11) is 0. The maximum Gasteiger partial charge on any atom is 0.303 e. The molecular formula is C18H35ClO2. The molecule has 0 aromatic rings. The predicted molar refractivity (Wildman–Crippen MR) is 92.2 cm³/mol. The number of aliphatic carboxylic acids is 1. The van der Waals surface area contributed by atoms with Crippen molar-refractivity contribution in [3.8, 4) is 0 Å². The topological polar surface area (TPSA) is 37.3 Å². The lowest BCUT2D eigenvalue weighted by Gasteiger charge is -2.08. The summed E-state index contributed by atoms with van der Waals surface area (Å²) in [5, 5.41) is 8.92. The van der Waals surface area contributed by atoms with E-state index in [1.165, 1.54) is 77.0 Å². The number of halogens is 1. The Balaban J connectivity index is 3.10. The molecule has 0 amide bonds. The Labute approximate surface area is 136 Å². The molecule has 1 unspecified atom stereocenters. The Morgan fingerprint density at radius 1 is 0.810 bits per heavy atom. The van der Waals surface area contributed by atoms with Gasteiger partial charge >= 0.3 is 5.97 Å². The van der Waals surface area contributed by atoms with E-state index in [2.05, 4.69) is 6.92 Å². The second-order valence-electron chi connectivity index (χ2n) is 6.21. The third-order valence-corrected chi connectivity index (χ3v) is 4.47. The molecule has 0 aliphatic heterocycles. The molecule has 1 N–H and O–H groups in total. The lowest BCUT2D eigenvalue weighted by atomic mass is 10.0. The molecule has 0 aliphatic carbocycles. The van der Waals surface area contributed by atoms with Crippen molar-refractivity contribution in [3.63, 3.8) is 0 Å². The van der Waals surface area contributed by atoms with Crippen molar-refractivity contribution in [2.75, 3.05) is 0 Å². The monoisotopic (exact) mass is 318 g/mol. The molecule has 0 fully saturated rings. The van der Waals surface area contributed by atoms with Crippen LogP contribution >= 0.6 is 11.6 Å². The van der Waals surface area contributed by atoms with Crippen LogP contribution in [-0.2, 0) is 4.79 Å². The van der Waals surface area contributed by atoms with Gasteiger partial charge in [0.2, 0.25) is 0 Å². The molecule has 0 radical (unpaired) electrons. The van der Waals surface area contributed by atoms with Crippen LogP contribution in [0.1, 0.15) is 103 Å². The van der Waals surface area contributed by atoms with Gasteiger partial charge in [-0.05, 0) is 19.3 Å². The van der Waals surface area contributed by atoms with Crippen LogP contribution in [0, 0.1) is 0 Å². The summed E-state index contributed by atoms with van der Waals surface area (Å²) in [5.41, 5.74) is 0. The molecule has 3 heteroatoms. The van der Waals surface area contributed by atoms with E-state index >= 15 is 0 Å². The summed E-state index contributed by atoms with van der Waals surface area (Å²) >= 11 is 6.31. The van der Waals surface area contributed by atoms with E-state index in [1.807, 2.05) is 0 Å². The van der Waals surface area contributed by atoms with Gasteiger partial charge < -0.3 is 5.11 Å². The van der Waals surface area contributed by atoms with Gasteiger partial charge in [-0.25, -0.2) is 0 Å². The largest absolute Gasteiger partial charge is 0.481 e. The van der Waals surface area contributed by atoms with Gasteiger partial charge in [-0.3, -0.25) is 4.79 Å². The first kappa shape index (κ1) is 20.8. The molecule has 0 bridgehead atoms. The molecule has 21 heavy (non-hydrogen) atoms. The normalized spacial score (nSPS) is 12.5. The molecule has 0 saturated heterocycles. The van der Waals surface area contributed by atoms with Crippen LogP contribution in [0.2, 0.25) is 0 Å². The molecule has 1 atom stereocenters. The number of carboxylic acid groups (broad SMARTS) is 1. The van der Waals surface area contributed by atoms with Gasteiger partial charge in [0, 0.05) is 11.8 Å². The van der Waals surface area contributed by atoms with Gasteiger partial charge in [-0.15, -0.1) is 11.6 Å². The Morgan fingerprint density at radius 3 is 1.71 bits per heavy atom. The van der Waals surface area contributed by atoms with E-state index in [9.17, 15) is 4.79 Å². The fourth-order valence-electron chi connectivity index (χ4n) is 2.64. The highest BCUT2D eigenvalue weighted by Gasteiger charge is 2.03. The summed E-state index contributed by atoms with van der Waals surface area (Å²) < 4.78 is 0. The highest BCUT2D eigenvalue weighted by Crippen LogP contribution is 2.17. The van der Waals surface area contributed by atoms with Gasteiger partial charge in [-0.1, -0.05) is 77.6 Å². The second-order valence-corrected chi connectivity index (χ2v) is 6.82. The number of alkyl halides is 1. The third kappa shape index (κ3) is 17.7. The van der Waals surface area contributed by atoms with E-state index in [-0.39, 0.29) is 0 Å². The van der Waals surface area contributed by atoms with Crippen molar-refractivity contribution in [2.24, 2.45) is 0 Å². The Hall–Kier alpha value is -0.240. The quantitative estimate of drug-likeness (QED) is 0.259. The molecule has 0 rings (SSSR count). The van der Waals surface area contributed by atoms with E-state index in [1.54, 1.807) is 0 Å². The SMILES string of the molecule is CCCCCC(Cl)CCCCCCCCCCCC(=O)O. The van der Waals surface area contributed by atoms with Crippen LogP contribution in [0.15, 0.2) is 0 Å². The number of unbranched alkanes of at least 4 members (excludes halogenated alkanes) is 10. The minimum absolute atomic E-state index is 0.331. The van der Waals surface area contributed by atoms with Crippen LogP contribution in [0.25, 0.3) is 0 Å². The summed E-state index contributed by atoms with van der Waals surface area (Å²) in [6.07, 6.45) is 17.5. The fraction of sp³-hybridized carbons (Fsp3) is 0.944. The van der Waals surface area contributed by atoms with Crippen molar-refractivity contribution in [1.29, 1.82) is 0 Å². The summed E-state index contributed by atoms with van der Waals surface area (Å²) in [6, 6.07) is 0. The van der Waals surface area contributed by atoms with Gasteiger partial charge in [0.1, 0.15) is 0 Å². The predicted octanol–water partition coefficient (Wildman–Crippen LogP) is 6.55. The minimum atomic E-state index is -0.665. The van der Waals surface area contributed by atoms with E-state index in [0.717, 1.165) is 12.8 Å². The molecule has 0 aliphatic rings. The Kier molecular flexibility index (Phi) is 16.0. The molecule has 0 aromatic heterocycles. The van der Waals surface area contributed by atoms with Gasteiger partial charge in [0.25, 0.3) is 0 Å². The van der Waals surface area contributed by atoms with E-state index in [4.69, 9.17) is 16.7 Å². The summed E-state index contributed by atoms with van der Waals surface area (Å²) in [5.74, 6) is -0.665. The standard InChI is InChI=1S/C18H35ClO2/c1-2-3-11-14-17(19)15-12-9-7-5-4-6-8-10-13-16-18(20)21/h17H,2-16H2,1H3,(H,20,21). The van der Waals surface area contributed by atoms with Crippen molar-refractivity contribution >= 4 is 17.6 Å². The van der Waals surface area contributed by atoms with Crippen LogP contribution < -0.4 is 0 Å². The molecule has 0 spiro atoms. The van der Waals surface area contributed by atoms with E-state index in [0.29, 0.717) is 11.8 Å². The lowest BCUT2D eigenvalue weighted by molar-refractivity contribution is -0.137. The first-order chi connectivity index (χ1) is 10.2. The van der Waals surface area contributed by atoms with Gasteiger partial charge in [-0.2, -0.15) is 0 Å². The minimum Gasteiger partial charge on any atom is -0.481 e. The molecule has 0 heterocycles. The molecule has 0 aromatic carbocycles. The van der Waals surface area contributed by atoms with Crippen LogP contribution in [0.5, 0.6) is 0 Å². The maximum absolute atomic E-state index is 10.3. The summed E-state index contributed by atoms with van der Waals surface area (Å²) in [6.45, 7) is 2.23. The number of carboxylic acids is 1.